The number of halogens is 1. The molecule has 9 atom stereocenters. The molecule has 0 bridgehead atoms. The average molecular weight is 479 g/mol. The van der Waals surface area contributed by atoms with Crippen LogP contribution in [0.4, 0.5) is 0 Å². The van der Waals surface area contributed by atoms with Gasteiger partial charge in [-0.2, -0.15) is 0 Å². The van der Waals surface area contributed by atoms with E-state index in [9.17, 15) is 5.11 Å². The Kier molecular flexibility index (Phi) is 6.44. The SMILES string of the molecule is C[C@H](CCl)[C@H]1CC[C@H]2[C@@H]3C(O)C=C4C[C@@H](O[Si](C)(C)C(C)(C)C)C=C[C@]4(C)[C@H]3CC[C@]12C. The molecule has 182 valence electrons. The lowest BCUT2D eigenvalue weighted by atomic mass is 9.47. The second-order valence-corrected chi connectivity index (χ2v) is 18.7. The van der Waals surface area contributed by atoms with E-state index in [0.29, 0.717) is 35.0 Å². The Morgan fingerprint density at radius 1 is 1.19 bits per heavy atom. The van der Waals surface area contributed by atoms with Crippen LogP contribution in [0.25, 0.3) is 0 Å². The molecule has 0 aromatic heterocycles. The highest BCUT2D eigenvalue weighted by atomic mass is 35.5. The fourth-order valence-electron chi connectivity index (χ4n) is 7.94. The van der Waals surface area contributed by atoms with E-state index in [1.165, 1.54) is 31.3 Å². The Morgan fingerprint density at radius 3 is 2.50 bits per heavy atom. The summed E-state index contributed by atoms with van der Waals surface area (Å²) in [4.78, 5) is 0. The molecule has 1 N–H and O–H groups in total. The molecule has 4 aliphatic rings. The number of hydrogen-bond donors (Lipinski definition) is 1. The van der Waals surface area contributed by atoms with Crippen LogP contribution >= 0.6 is 11.6 Å². The van der Waals surface area contributed by atoms with Crippen molar-refractivity contribution < 1.29 is 9.53 Å². The molecule has 4 aliphatic carbocycles. The van der Waals surface area contributed by atoms with E-state index in [1.54, 1.807) is 0 Å². The molecule has 0 aromatic rings. The molecule has 0 amide bonds. The maximum absolute atomic E-state index is 11.5. The third-order valence-corrected chi connectivity index (χ3v) is 15.9. The number of hydrogen-bond acceptors (Lipinski definition) is 2. The van der Waals surface area contributed by atoms with Crippen molar-refractivity contribution in [3.8, 4) is 0 Å². The Balaban J connectivity index is 1.60. The summed E-state index contributed by atoms with van der Waals surface area (Å²) in [5, 5.41) is 11.7. The number of fused-ring (bicyclic) bond motifs is 5. The van der Waals surface area contributed by atoms with Gasteiger partial charge < -0.3 is 9.53 Å². The Hall–Kier alpha value is -0.0931. The van der Waals surface area contributed by atoms with Gasteiger partial charge in [-0.3, -0.25) is 0 Å². The second-order valence-electron chi connectivity index (χ2n) is 13.6. The van der Waals surface area contributed by atoms with Gasteiger partial charge in [-0.1, -0.05) is 65.3 Å². The van der Waals surface area contributed by atoms with Crippen LogP contribution in [0.15, 0.2) is 23.8 Å². The zero-order chi connectivity index (χ0) is 23.7. The number of rotatable bonds is 4. The Bertz CT molecular complexity index is 783. The monoisotopic (exact) mass is 478 g/mol. The highest BCUT2D eigenvalue weighted by Crippen LogP contribution is 2.66. The minimum absolute atomic E-state index is 0.0642. The van der Waals surface area contributed by atoms with Crippen molar-refractivity contribution in [1.29, 1.82) is 0 Å². The molecule has 1 unspecified atom stereocenters. The number of aliphatic hydroxyl groups excluding tert-OH is 1. The lowest BCUT2D eigenvalue weighted by molar-refractivity contribution is -0.0783. The molecular weight excluding hydrogens is 432 g/mol. The third-order valence-electron chi connectivity index (χ3n) is 10.9. The van der Waals surface area contributed by atoms with E-state index >= 15 is 0 Å². The van der Waals surface area contributed by atoms with Crippen LogP contribution in [0.2, 0.25) is 18.1 Å². The van der Waals surface area contributed by atoms with Gasteiger partial charge in [0.05, 0.1) is 12.2 Å². The highest BCUT2D eigenvalue weighted by Gasteiger charge is 2.60. The molecule has 4 rings (SSSR count). The smallest absolute Gasteiger partial charge is 0.192 e. The quantitative estimate of drug-likeness (QED) is 0.256. The molecule has 0 aromatic carbocycles. The fraction of sp³-hybridized carbons (Fsp3) is 0.857. The first-order valence-electron chi connectivity index (χ1n) is 13.1. The van der Waals surface area contributed by atoms with Crippen molar-refractivity contribution >= 4 is 19.9 Å². The van der Waals surface area contributed by atoms with E-state index in [1.807, 2.05) is 0 Å². The van der Waals surface area contributed by atoms with Gasteiger partial charge in [-0.15, -0.1) is 11.6 Å². The van der Waals surface area contributed by atoms with Crippen LogP contribution in [0.3, 0.4) is 0 Å². The van der Waals surface area contributed by atoms with Gasteiger partial charge in [-0.25, -0.2) is 0 Å². The maximum Gasteiger partial charge on any atom is 0.192 e. The highest BCUT2D eigenvalue weighted by molar-refractivity contribution is 6.74. The van der Waals surface area contributed by atoms with Gasteiger partial charge in [0.1, 0.15) is 0 Å². The van der Waals surface area contributed by atoms with Crippen LogP contribution in [-0.2, 0) is 4.43 Å². The number of allylic oxidation sites excluding steroid dienone is 1. The van der Waals surface area contributed by atoms with Crippen molar-refractivity contribution in [2.75, 3.05) is 5.88 Å². The van der Waals surface area contributed by atoms with Crippen molar-refractivity contribution in [1.82, 2.24) is 0 Å². The summed E-state index contributed by atoms with van der Waals surface area (Å²) in [5.74, 6) is 3.53. The number of alkyl halides is 1. The van der Waals surface area contributed by atoms with Crippen molar-refractivity contribution in [2.45, 2.75) is 104 Å². The Morgan fingerprint density at radius 2 is 1.88 bits per heavy atom. The van der Waals surface area contributed by atoms with Gasteiger partial charge in [0.2, 0.25) is 0 Å². The summed E-state index contributed by atoms with van der Waals surface area (Å²) in [5.41, 5.74) is 1.81. The first kappa shape index (κ1) is 25.0. The van der Waals surface area contributed by atoms with Gasteiger partial charge in [0, 0.05) is 11.3 Å². The molecule has 0 radical (unpaired) electrons. The molecule has 0 aliphatic heterocycles. The summed E-state index contributed by atoms with van der Waals surface area (Å²) in [7, 11) is -1.83. The molecule has 0 saturated heterocycles. The zero-order valence-electron chi connectivity index (χ0n) is 21.7. The normalized spacial score (nSPS) is 45.0. The summed E-state index contributed by atoms with van der Waals surface area (Å²) in [6, 6.07) is 0. The molecule has 2 nitrogen and oxygen atoms in total. The largest absolute Gasteiger partial charge is 0.410 e. The third kappa shape index (κ3) is 3.82. The predicted molar refractivity (Wildman–Crippen MR) is 138 cm³/mol. The van der Waals surface area contributed by atoms with Gasteiger partial charge in [0.15, 0.2) is 8.32 Å². The standard InChI is InChI=1S/C28H47ClO2Si/c1-18(17-29)21-9-10-22-25-23(12-14-28(21,22)6)27(5)13-11-20(15-19(27)16-24(25)30)31-32(7,8)26(2,3)4/h11,13,16,18,20-25,30H,9-10,12,14-15,17H2,1-8H3/t18-,20+,21-,22+,23+,24?,25+,27+,28-/m1/s1. The van der Waals surface area contributed by atoms with Crippen molar-refractivity contribution in [3.05, 3.63) is 23.8 Å². The minimum atomic E-state index is -1.83. The summed E-state index contributed by atoms with van der Waals surface area (Å²) >= 11 is 6.31. The molecule has 2 saturated carbocycles. The van der Waals surface area contributed by atoms with Gasteiger partial charge >= 0.3 is 0 Å². The summed E-state index contributed by atoms with van der Waals surface area (Å²) in [6.45, 7) is 18.9. The van der Waals surface area contributed by atoms with Crippen molar-refractivity contribution in [3.63, 3.8) is 0 Å². The van der Waals surface area contributed by atoms with Crippen LogP contribution < -0.4 is 0 Å². The average Bonchev–Trinajstić information content (AvgIpc) is 3.04. The maximum atomic E-state index is 11.5. The molecule has 2 fully saturated rings. The first-order chi connectivity index (χ1) is 14.7. The topological polar surface area (TPSA) is 29.5 Å². The molecule has 0 heterocycles. The molecule has 4 heteroatoms. The van der Waals surface area contributed by atoms with E-state index in [2.05, 4.69) is 72.9 Å². The van der Waals surface area contributed by atoms with Crippen LogP contribution in [-0.4, -0.2) is 31.5 Å². The zero-order valence-corrected chi connectivity index (χ0v) is 23.5. The lowest BCUT2D eigenvalue weighted by Gasteiger charge is -2.58. The van der Waals surface area contributed by atoms with Crippen LogP contribution in [0.1, 0.15) is 73.6 Å². The summed E-state index contributed by atoms with van der Waals surface area (Å²) < 4.78 is 6.76. The van der Waals surface area contributed by atoms with Crippen LogP contribution in [0, 0.1) is 40.4 Å². The van der Waals surface area contributed by atoms with Crippen LogP contribution in [0.5, 0.6) is 0 Å². The molecule has 32 heavy (non-hydrogen) atoms. The number of aliphatic hydroxyl groups is 1. The Labute approximate surface area is 203 Å². The van der Waals surface area contributed by atoms with Gasteiger partial charge in [-0.05, 0) is 85.2 Å². The van der Waals surface area contributed by atoms with Crippen molar-refractivity contribution in [2.24, 2.45) is 40.4 Å². The van der Waals surface area contributed by atoms with Gasteiger partial charge in [0.25, 0.3) is 0 Å². The lowest BCUT2D eigenvalue weighted by Crippen LogP contribution is -2.54. The molecular formula is C28H47ClO2Si. The first-order valence-corrected chi connectivity index (χ1v) is 16.5. The molecule has 0 spiro atoms. The predicted octanol–water partition coefficient (Wildman–Crippen LogP) is 7.58. The fourth-order valence-corrected chi connectivity index (χ4v) is 9.42. The minimum Gasteiger partial charge on any atom is -0.410 e. The van der Waals surface area contributed by atoms with E-state index in [-0.39, 0.29) is 22.7 Å². The van der Waals surface area contributed by atoms with E-state index in [0.717, 1.165) is 12.3 Å². The second kappa shape index (κ2) is 8.24. The van der Waals surface area contributed by atoms with E-state index in [4.69, 9.17) is 16.0 Å². The van der Waals surface area contributed by atoms with E-state index < -0.39 is 8.32 Å². The summed E-state index contributed by atoms with van der Waals surface area (Å²) in [6.07, 6.45) is 12.9.